The van der Waals surface area contributed by atoms with E-state index in [0.29, 0.717) is 12.0 Å². The molecule has 1 aliphatic rings. The molecule has 0 radical (unpaired) electrons. The topological polar surface area (TPSA) is 166 Å². The number of rotatable bonds is 8. The maximum atomic E-state index is 12.0. The van der Waals surface area contributed by atoms with Gasteiger partial charge in [0.1, 0.15) is 36.8 Å². The minimum atomic E-state index is -1.57. The predicted octanol–water partition coefficient (Wildman–Crippen LogP) is 0.427. The van der Waals surface area contributed by atoms with Gasteiger partial charge in [0.15, 0.2) is 17.8 Å². The summed E-state index contributed by atoms with van der Waals surface area (Å²) in [4.78, 5) is 12.0. The van der Waals surface area contributed by atoms with Gasteiger partial charge in [0.2, 0.25) is 0 Å². The van der Waals surface area contributed by atoms with E-state index < -0.39 is 43.3 Å². The van der Waals surface area contributed by atoms with Crippen LogP contribution in [0.2, 0.25) is 0 Å². The van der Waals surface area contributed by atoms with E-state index in [9.17, 15) is 35.4 Å². The molecule has 0 aromatic heterocycles. The van der Waals surface area contributed by atoms with E-state index in [4.69, 9.17) is 14.2 Å². The second kappa shape index (κ2) is 11.1. The van der Waals surface area contributed by atoms with Gasteiger partial charge in [-0.05, 0) is 47.9 Å². The molecule has 0 saturated carbocycles. The normalized spacial score (nSPS) is 25.2. The molecule has 0 bridgehead atoms. The molecule has 33 heavy (non-hydrogen) atoms. The maximum Gasteiger partial charge on any atom is 0.330 e. The monoisotopic (exact) mass is 462 g/mol. The van der Waals surface area contributed by atoms with Gasteiger partial charge in [-0.1, -0.05) is 18.2 Å². The molecule has 0 unspecified atom stereocenters. The number of aliphatic hydroxyl groups excluding tert-OH is 3. The molecule has 0 aliphatic carbocycles. The maximum absolute atomic E-state index is 12.0. The Morgan fingerprint density at radius 3 is 2.36 bits per heavy atom. The van der Waals surface area contributed by atoms with Gasteiger partial charge in [0, 0.05) is 6.08 Å². The van der Waals surface area contributed by atoms with Crippen molar-refractivity contribution < 1.29 is 49.6 Å². The molecule has 0 spiro atoms. The zero-order valence-corrected chi connectivity index (χ0v) is 17.5. The lowest BCUT2D eigenvalue weighted by atomic mass is 9.99. The van der Waals surface area contributed by atoms with Crippen LogP contribution >= 0.6 is 0 Å². The van der Waals surface area contributed by atoms with Crippen molar-refractivity contribution >= 4 is 12.0 Å². The van der Waals surface area contributed by atoms with Crippen LogP contribution in [-0.2, 0) is 25.4 Å². The number of ether oxygens (including phenoxy) is 3. The van der Waals surface area contributed by atoms with Crippen LogP contribution < -0.4 is 0 Å². The van der Waals surface area contributed by atoms with Crippen molar-refractivity contribution in [2.75, 3.05) is 13.2 Å². The van der Waals surface area contributed by atoms with Crippen LogP contribution in [0, 0.1) is 0 Å². The van der Waals surface area contributed by atoms with Gasteiger partial charge < -0.3 is 44.8 Å². The van der Waals surface area contributed by atoms with Crippen molar-refractivity contribution in [2.45, 2.75) is 37.1 Å². The first-order valence-electron chi connectivity index (χ1n) is 10.2. The third kappa shape index (κ3) is 6.67. The van der Waals surface area contributed by atoms with Gasteiger partial charge in [0.25, 0.3) is 0 Å². The third-order valence-electron chi connectivity index (χ3n) is 5.08. The minimum absolute atomic E-state index is 0.129. The van der Waals surface area contributed by atoms with E-state index in [1.54, 1.807) is 12.1 Å². The number of esters is 1. The summed E-state index contributed by atoms with van der Waals surface area (Å²) in [6, 6.07) is 10.5. The Kier molecular flexibility index (Phi) is 8.26. The Morgan fingerprint density at radius 2 is 1.67 bits per heavy atom. The van der Waals surface area contributed by atoms with Gasteiger partial charge in [-0.25, -0.2) is 4.79 Å². The highest BCUT2D eigenvalue weighted by Crippen LogP contribution is 2.26. The van der Waals surface area contributed by atoms with Crippen molar-refractivity contribution in [3.8, 4) is 17.2 Å². The molecule has 5 atom stereocenters. The van der Waals surface area contributed by atoms with Crippen LogP contribution in [-0.4, -0.2) is 80.5 Å². The smallest absolute Gasteiger partial charge is 0.330 e. The molecule has 1 fully saturated rings. The highest BCUT2D eigenvalue weighted by atomic mass is 16.7. The Morgan fingerprint density at radius 1 is 0.939 bits per heavy atom. The zero-order valence-electron chi connectivity index (χ0n) is 17.5. The summed E-state index contributed by atoms with van der Waals surface area (Å²) < 4.78 is 16.1. The van der Waals surface area contributed by atoms with E-state index in [1.165, 1.54) is 36.4 Å². The summed E-state index contributed by atoms with van der Waals surface area (Å²) >= 11 is 0. The summed E-state index contributed by atoms with van der Waals surface area (Å²) in [7, 11) is 0. The Balaban J connectivity index is 1.50. The van der Waals surface area contributed by atoms with Crippen LogP contribution in [0.15, 0.2) is 48.5 Å². The molecular weight excluding hydrogens is 436 g/mol. The number of aliphatic hydroxyl groups is 3. The fraction of sp³-hybridized carbons (Fsp3) is 0.348. The van der Waals surface area contributed by atoms with Crippen molar-refractivity contribution in [1.82, 2.24) is 0 Å². The van der Waals surface area contributed by atoms with E-state index in [2.05, 4.69) is 0 Å². The lowest BCUT2D eigenvalue weighted by molar-refractivity contribution is -0.301. The molecule has 10 nitrogen and oxygen atoms in total. The Labute approximate surface area is 189 Å². The van der Waals surface area contributed by atoms with Crippen molar-refractivity contribution in [2.24, 2.45) is 0 Å². The van der Waals surface area contributed by atoms with Gasteiger partial charge in [-0.2, -0.15) is 0 Å². The molecule has 10 heteroatoms. The van der Waals surface area contributed by atoms with Crippen LogP contribution in [0.25, 0.3) is 6.08 Å². The highest BCUT2D eigenvalue weighted by molar-refractivity contribution is 5.87. The number of phenolic OH excluding ortho intramolecular Hbond substituents is 3. The summed E-state index contributed by atoms with van der Waals surface area (Å²) in [5, 5.41) is 58.5. The lowest BCUT2D eigenvalue weighted by Gasteiger charge is -2.39. The molecule has 1 aliphatic heterocycles. The van der Waals surface area contributed by atoms with Crippen LogP contribution in [0.1, 0.15) is 11.1 Å². The van der Waals surface area contributed by atoms with E-state index in [-0.39, 0.29) is 23.9 Å². The van der Waals surface area contributed by atoms with Crippen molar-refractivity contribution in [3.05, 3.63) is 59.7 Å². The predicted molar refractivity (Wildman–Crippen MR) is 114 cm³/mol. The van der Waals surface area contributed by atoms with Crippen LogP contribution in [0.4, 0.5) is 0 Å². The SMILES string of the molecule is O=C(C=Cc1ccc(O)c(O)c1)OC[C@H]1O[C@@H](OCCc2ccc(O)cc2)[C@H](O)[C@@H](O)[C@@H]1O. The molecule has 2 aromatic rings. The van der Waals surface area contributed by atoms with E-state index in [0.717, 1.165) is 11.6 Å². The second-order valence-corrected chi connectivity index (χ2v) is 7.51. The van der Waals surface area contributed by atoms with E-state index >= 15 is 0 Å². The largest absolute Gasteiger partial charge is 0.508 e. The van der Waals surface area contributed by atoms with Gasteiger partial charge in [-0.3, -0.25) is 0 Å². The number of hydrogen-bond donors (Lipinski definition) is 6. The minimum Gasteiger partial charge on any atom is -0.508 e. The average molecular weight is 462 g/mol. The summed E-state index contributed by atoms with van der Waals surface area (Å²) in [5.41, 5.74) is 1.31. The number of phenols is 3. The number of aromatic hydroxyl groups is 3. The number of carbonyl (C=O) groups excluding carboxylic acids is 1. The van der Waals surface area contributed by atoms with Gasteiger partial charge in [-0.15, -0.1) is 0 Å². The molecule has 3 rings (SSSR count). The molecule has 6 N–H and O–H groups in total. The van der Waals surface area contributed by atoms with Gasteiger partial charge in [0.05, 0.1) is 6.61 Å². The Hall–Kier alpha value is -3.15. The van der Waals surface area contributed by atoms with E-state index in [1.807, 2.05) is 0 Å². The molecule has 1 heterocycles. The zero-order chi connectivity index (χ0) is 24.0. The summed E-state index contributed by atoms with van der Waals surface area (Å²) in [6.07, 6.45) is -4.10. The number of carbonyl (C=O) groups is 1. The average Bonchev–Trinajstić information content (AvgIpc) is 2.80. The van der Waals surface area contributed by atoms with Crippen molar-refractivity contribution in [3.63, 3.8) is 0 Å². The first kappa shape index (κ1) is 24.5. The van der Waals surface area contributed by atoms with Crippen LogP contribution in [0.3, 0.4) is 0 Å². The molecular formula is C23H26O10. The first-order valence-corrected chi connectivity index (χ1v) is 10.2. The fourth-order valence-electron chi connectivity index (χ4n) is 3.17. The van der Waals surface area contributed by atoms with Crippen molar-refractivity contribution in [1.29, 1.82) is 0 Å². The number of hydrogen-bond acceptors (Lipinski definition) is 10. The first-order chi connectivity index (χ1) is 15.7. The molecule has 178 valence electrons. The summed E-state index contributed by atoms with van der Waals surface area (Å²) in [5.74, 6) is -1.27. The lowest BCUT2D eigenvalue weighted by Crippen LogP contribution is -2.59. The number of benzene rings is 2. The second-order valence-electron chi connectivity index (χ2n) is 7.51. The quantitative estimate of drug-likeness (QED) is 0.184. The van der Waals surface area contributed by atoms with Crippen LogP contribution in [0.5, 0.6) is 17.2 Å². The molecule has 0 amide bonds. The Bertz CT molecular complexity index is 958. The molecule has 1 saturated heterocycles. The molecule has 2 aromatic carbocycles. The standard InChI is InChI=1S/C23H26O10/c24-15-5-1-13(2-6-15)9-10-31-23-22(30)21(29)20(28)18(33-23)12-32-19(27)8-4-14-3-7-16(25)17(26)11-14/h1-8,11,18,20-26,28-30H,9-10,12H2/t18-,20-,21+,22-,23-/m1/s1. The van der Waals surface area contributed by atoms with Gasteiger partial charge >= 0.3 is 5.97 Å². The third-order valence-corrected chi connectivity index (χ3v) is 5.08. The highest BCUT2D eigenvalue weighted by Gasteiger charge is 2.44. The summed E-state index contributed by atoms with van der Waals surface area (Å²) in [6.45, 7) is -0.281. The fourth-order valence-corrected chi connectivity index (χ4v) is 3.17.